The zero-order chi connectivity index (χ0) is 19.3. The minimum absolute atomic E-state index is 0.0913. The van der Waals surface area contributed by atoms with E-state index in [1.807, 2.05) is 19.9 Å². The number of carbonyl (C=O) groups is 1. The first-order chi connectivity index (χ1) is 12.3. The largest absolute Gasteiger partial charge is 0.373 e. The molecule has 26 heavy (non-hydrogen) atoms. The lowest BCUT2D eigenvalue weighted by Gasteiger charge is -2.34. The van der Waals surface area contributed by atoms with Crippen LogP contribution >= 0.6 is 11.3 Å². The van der Waals surface area contributed by atoms with Crippen LogP contribution in [0.2, 0.25) is 0 Å². The molecule has 0 aliphatic carbocycles. The van der Waals surface area contributed by atoms with Gasteiger partial charge in [0.15, 0.2) is 0 Å². The van der Waals surface area contributed by atoms with Gasteiger partial charge in [-0.15, -0.1) is 11.3 Å². The summed E-state index contributed by atoms with van der Waals surface area (Å²) >= 11 is 1.51. The van der Waals surface area contributed by atoms with Gasteiger partial charge in [0, 0.05) is 24.5 Å². The van der Waals surface area contributed by atoms with Crippen LogP contribution in [0, 0.1) is 0 Å². The zero-order valence-electron chi connectivity index (χ0n) is 16.1. The van der Waals surface area contributed by atoms with Gasteiger partial charge in [0.05, 0.1) is 22.8 Å². The average molecular weight is 403 g/mol. The van der Waals surface area contributed by atoms with Crippen LogP contribution in [0.1, 0.15) is 54.2 Å². The van der Waals surface area contributed by atoms with Gasteiger partial charge in [-0.3, -0.25) is 4.79 Å². The summed E-state index contributed by atoms with van der Waals surface area (Å²) in [6, 6.07) is 1.94. The van der Waals surface area contributed by atoms with Crippen molar-refractivity contribution < 1.29 is 17.9 Å². The maximum Gasteiger partial charge on any atom is 0.261 e. The Morgan fingerprint density at radius 1 is 1.31 bits per heavy atom. The number of nitrogens with one attached hydrogen (secondary N) is 1. The van der Waals surface area contributed by atoms with E-state index in [1.54, 1.807) is 0 Å². The third kappa shape index (κ3) is 5.52. The first-order valence-corrected chi connectivity index (χ1v) is 11.7. The molecule has 2 rings (SSSR count). The number of ether oxygens (including phenoxy) is 1. The number of nitrogens with zero attached hydrogens (tertiary/aromatic N) is 1. The summed E-state index contributed by atoms with van der Waals surface area (Å²) in [6.45, 7) is 8.80. The molecule has 2 heterocycles. The van der Waals surface area contributed by atoms with Gasteiger partial charge in [-0.05, 0) is 38.3 Å². The molecule has 0 spiro atoms. The second kappa shape index (κ2) is 9.30. The fraction of sp³-hybridized carbons (Fsp3) is 0.722. The molecule has 0 aromatic carbocycles. The predicted octanol–water partition coefficient (Wildman–Crippen LogP) is 2.43. The van der Waals surface area contributed by atoms with Crippen LogP contribution in [-0.4, -0.2) is 56.2 Å². The van der Waals surface area contributed by atoms with E-state index < -0.39 is 10.0 Å². The van der Waals surface area contributed by atoms with E-state index in [1.165, 1.54) is 26.1 Å². The molecule has 1 N–H and O–H groups in total. The van der Waals surface area contributed by atoms with Crippen LogP contribution in [0.25, 0.3) is 0 Å². The second-order valence-corrected chi connectivity index (χ2v) is 10.0. The molecule has 8 heteroatoms. The number of hydrogen-bond acceptors (Lipinski definition) is 5. The normalized spacial score (nSPS) is 21.7. The topological polar surface area (TPSA) is 75.7 Å². The lowest BCUT2D eigenvalue weighted by Crippen LogP contribution is -2.49. The van der Waals surface area contributed by atoms with Crippen molar-refractivity contribution in [2.75, 3.05) is 25.4 Å². The number of amides is 1. The first kappa shape index (κ1) is 21.3. The Hall–Kier alpha value is -0.960. The van der Waals surface area contributed by atoms with Gasteiger partial charge >= 0.3 is 0 Å². The molecule has 1 aromatic rings. The van der Waals surface area contributed by atoms with E-state index >= 15 is 0 Å². The molecule has 6 nitrogen and oxygen atoms in total. The van der Waals surface area contributed by atoms with Crippen molar-refractivity contribution in [1.82, 2.24) is 9.62 Å². The SMILES string of the molecule is CCCc1sc(C(=O)NCCS(=O)(=O)N2C[C@H](C)O[C@@H](C)C2)cc1CC. The van der Waals surface area contributed by atoms with Crippen LogP contribution in [0.4, 0.5) is 0 Å². The Kier molecular flexibility index (Phi) is 7.63. The molecule has 1 aliphatic heterocycles. The van der Waals surface area contributed by atoms with E-state index in [0.717, 1.165) is 19.3 Å². The maximum absolute atomic E-state index is 12.5. The van der Waals surface area contributed by atoms with Crippen molar-refractivity contribution in [2.45, 2.75) is 59.2 Å². The molecule has 0 bridgehead atoms. The van der Waals surface area contributed by atoms with Crippen molar-refractivity contribution in [1.29, 1.82) is 0 Å². The molecular formula is C18H30N2O4S2. The molecule has 1 aliphatic rings. The Labute approximate surface area is 161 Å². The molecule has 148 valence electrons. The Morgan fingerprint density at radius 2 is 1.96 bits per heavy atom. The van der Waals surface area contributed by atoms with Crippen LogP contribution < -0.4 is 5.32 Å². The van der Waals surface area contributed by atoms with Crippen LogP contribution in [0.5, 0.6) is 0 Å². The molecular weight excluding hydrogens is 372 g/mol. The summed E-state index contributed by atoms with van der Waals surface area (Å²) < 4.78 is 32.1. The number of sulfonamides is 1. The maximum atomic E-state index is 12.5. The highest BCUT2D eigenvalue weighted by Gasteiger charge is 2.30. The monoisotopic (exact) mass is 402 g/mol. The van der Waals surface area contributed by atoms with Gasteiger partial charge in [0.1, 0.15) is 0 Å². The van der Waals surface area contributed by atoms with Gasteiger partial charge in [-0.2, -0.15) is 4.31 Å². The summed E-state index contributed by atoms with van der Waals surface area (Å²) in [5.41, 5.74) is 1.21. The van der Waals surface area contributed by atoms with Crippen molar-refractivity contribution in [3.05, 3.63) is 21.4 Å². The number of carbonyl (C=O) groups excluding carboxylic acids is 1. The third-order valence-corrected chi connectivity index (χ3v) is 7.44. The van der Waals surface area contributed by atoms with E-state index in [4.69, 9.17) is 4.74 Å². The van der Waals surface area contributed by atoms with Gasteiger partial charge in [0.2, 0.25) is 10.0 Å². The zero-order valence-corrected chi connectivity index (χ0v) is 17.7. The molecule has 1 amide bonds. The smallest absolute Gasteiger partial charge is 0.261 e. The fourth-order valence-corrected chi connectivity index (χ4v) is 5.95. The third-order valence-electron chi connectivity index (χ3n) is 4.40. The van der Waals surface area contributed by atoms with Crippen molar-refractivity contribution in [3.63, 3.8) is 0 Å². The summed E-state index contributed by atoms with van der Waals surface area (Å²) in [4.78, 5) is 14.3. The number of rotatable bonds is 8. The predicted molar refractivity (Wildman–Crippen MR) is 105 cm³/mol. The number of aryl methyl sites for hydroxylation is 2. The highest BCUT2D eigenvalue weighted by atomic mass is 32.2. The molecule has 0 radical (unpaired) electrons. The molecule has 1 fully saturated rings. The minimum atomic E-state index is -3.40. The number of morpholine rings is 1. The Bertz CT molecular complexity index is 705. The van der Waals surface area contributed by atoms with E-state index in [0.29, 0.717) is 18.0 Å². The minimum Gasteiger partial charge on any atom is -0.373 e. The van der Waals surface area contributed by atoms with Crippen molar-refractivity contribution >= 4 is 27.3 Å². The Balaban J connectivity index is 1.91. The summed E-state index contributed by atoms with van der Waals surface area (Å²) in [7, 11) is -3.40. The van der Waals surface area contributed by atoms with Crippen LogP contribution in [0.3, 0.4) is 0 Å². The molecule has 1 aromatic heterocycles. The van der Waals surface area contributed by atoms with Crippen molar-refractivity contribution in [2.24, 2.45) is 0 Å². The number of hydrogen-bond donors (Lipinski definition) is 1. The number of thiophene rings is 1. The lowest BCUT2D eigenvalue weighted by atomic mass is 10.1. The molecule has 0 saturated carbocycles. The standard InChI is InChI=1S/C18H30N2O4S2/c1-5-7-16-15(6-2)10-17(25-16)18(21)19-8-9-26(22,23)20-11-13(3)24-14(4)12-20/h10,13-14H,5-9,11-12H2,1-4H3,(H,19,21)/t13-,14-/m0/s1. The summed E-state index contributed by atoms with van der Waals surface area (Å²) in [6.07, 6.45) is 2.70. The molecule has 2 atom stereocenters. The van der Waals surface area contributed by atoms with E-state index in [-0.39, 0.29) is 30.4 Å². The van der Waals surface area contributed by atoms with Crippen molar-refractivity contribution in [3.8, 4) is 0 Å². The van der Waals surface area contributed by atoms with Gasteiger partial charge < -0.3 is 10.1 Å². The van der Waals surface area contributed by atoms with Gasteiger partial charge in [0.25, 0.3) is 5.91 Å². The quantitative estimate of drug-likeness (QED) is 0.725. The Morgan fingerprint density at radius 3 is 2.54 bits per heavy atom. The fourth-order valence-electron chi connectivity index (χ4n) is 3.18. The molecule has 1 saturated heterocycles. The van der Waals surface area contributed by atoms with Crippen LogP contribution in [-0.2, 0) is 27.6 Å². The summed E-state index contributed by atoms with van der Waals surface area (Å²) in [5, 5.41) is 2.76. The average Bonchev–Trinajstić information content (AvgIpc) is 2.97. The first-order valence-electron chi connectivity index (χ1n) is 9.29. The highest BCUT2D eigenvalue weighted by Crippen LogP contribution is 2.24. The van der Waals surface area contributed by atoms with E-state index in [2.05, 4.69) is 19.2 Å². The second-order valence-electron chi connectivity index (χ2n) is 6.81. The summed E-state index contributed by atoms with van der Waals surface area (Å²) in [5.74, 6) is -0.280. The van der Waals surface area contributed by atoms with Gasteiger partial charge in [-0.1, -0.05) is 20.3 Å². The van der Waals surface area contributed by atoms with E-state index in [9.17, 15) is 13.2 Å². The van der Waals surface area contributed by atoms with Crippen LogP contribution in [0.15, 0.2) is 6.07 Å². The van der Waals surface area contributed by atoms with Gasteiger partial charge in [-0.25, -0.2) is 8.42 Å². The lowest BCUT2D eigenvalue weighted by molar-refractivity contribution is -0.0440. The molecule has 0 unspecified atom stereocenters. The highest BCUT2D eigenvalue weighted by molar-refractivity contribution is 7.89.